The molecule has 36 heavy (non-hydrogen) atoms. The third kappa shape index (κ3) is 7.53. The molecule has 1 N–H and O–H groups in total. The Labute approximate surface area is 222 Å². The number of rotatable bonds is 11. The summed E-state index contributed by atoms with van der Waals surface area (Å²) in [7, 11) is 1.66. The molecule has 0 bridgehead atoms. The van der Waals surface area contributed by atoms with Crippen LogP contribution in [0.4, 0.5) is 0 Å². The maximum absolute atomic E-state index is 11.1. The van der Waals surface area contributed by atoms with E-state index < -0.39 is 5.60 Å². The number of nitrogens with zero attached hydrogens (tertiary/aromatic N) is 3. The number of benzene rings is 2. The van der Waals surface area contributed by atoms with Gasteiger partial charge >= 0.3 is 0 Å². The summed E-state index contributed by atoms with van der Waals surface area (Å²) in [5.74, 6) is 2.08. The lowest BCUT2D eigenvalue weighted by atomic mass is 9.96. The van der Waals surface area contributed by atoms with Crippen molar-refractivity contribution in [3.63, 3.8) is 0 Å². The van der Waals surface area contributed by atoms with Gasteiger partial charge in [0.1, 0.15) is 12.4 Å². The van der Waals surface area contributed by atoms with Gasteiger partial charge in [0.05, 0.1) is 29.4 Å². The molecule has 1 fully saturated rings. The Kier molecular flexibility index (Phi) is 9.37. The Hall–Kier alpha value is -2.45. The highest BCUT2D eigenvalue weighted by atomic mass is 35.5. The second kappa shape index (κ2) is 12.7. The van der Waals surface area contributed by atoms with Crippen LogP contribution in [0.2, 0.25) is 10.0 Å². The molecular weight excluding hydrogens is 501 g/mol. The summed E-state index contributed by atoms with van der Waals surface area (Å²) in [5, 5.41) is 16.3. The zero-order valence-corrected chi connectivity index (χ0v) is 22.0. The van der Waals surface area contributed by atoms with Crippen molar-refractivity contribution in [2.24, 2.45) is 0 Å². The SMILES string of the molecule is COc1cc(CN2CCCC(O)(COc3ccc(Cl)c(Cl)c3)CC2)ccc1OCCCn1cccn1. The van der Waals surface area contributed by atoms with Gasteiger partial charge in [0, 0.05) is 44.5 Å². The first kappa shape index (κ1) is 26.6. The zero-order valence-electron chi connectivity index (χ0n) is 20.5. The van der Waals surface area contributed by atoms with Crippen molar-refractivity contribution in [2.45, 2.75) is 44.4 Å². The van der Waals surface area contributed by atoms with Crippen molar-refractivity contribution in [2.75, 3.05) is 33.4 Å². The van der Waals surface area contributed by atoms with E-state index in [2.05, 4.69) is 16.1 Å². The minimum atomic E-state index is -0.883. The van der Waals surface area contributed by atoms with Crippen LogP contribution in [0.15, 0.2) is 54.9 Å². The van der Waals surface area contributed by atoms with E-state index >= 15 is 0 Å². The standard InChI is InChI=1S/C27H33Cl2N3O4/c1-34-26-17-21(5-8-25(26)35-16-4-14-32-13-3-11-30-32)19-31-12-2-9-27(33,10-15-31)20-36-22-6-7-23(28)24(29)18-22/h3,5-8,11,13,17-18,33H,2,4,9-10,12,14-16,19-20H2,1H3. The predicted molar refractivity (Wildman–Crippen MR) is 141 cm³/mol. The molecule has 7 nitrogen and oxygen atoms in total. The molecule has 0 radical (unpaired) electrons. The normalized spacial score (nSPS) is 18.6. The highest BCUT2D eigenvalue weighted by Crippen LogP contribution is 2.31. The van der Waals surface area contributed by atoms with E-state index in [0.717, 1.165) is 56.1 Å². The number of hydrogen-bond acceptors (Lipinski definition) is 6. The van der Waals surface area contributed by atoms with Gasteiger partial charge in [-0.15, -0.1) is 0 Å². The quantitative estimate of drug-likeness (QED) is 0.330. The van der Waals surface area contributed by atoms with Crippen LogP contribution in [0.25, 0.3) is 0 Å². The van der Waals surface area contributed by atoms with Crippen LogP contribution < -0.4 is 14.2 Å². The summed E-state index contributed by atoms with van der Waals surface area (Å²) < 4.78 is 19.3. The third-order valence-electron chi connectivity index (χ3n) is 6.39. The number of aromatic nitrogens is 2. The monoisotopic (exact) mass is 533 g/mol. The van der Waals surface area contributed by atoms with Crippen LogP contribution in [-0.2, 0) is 13.1 Å². The molecule has 1 atom stereocenters. The Balaban J connectivity index is 1.26. The summed E-state index contributed by atoms with van der Waals surface area (Å²) in [6.07, 6.45) is 6.77. The van der Waals surface area contributed by atoms with Gasteiger partial charge in [0.25, 0.3) is 0 Å². The Morgan fingerprint density at radius 1 is 1.03 bits per heavy atom. The fourth-order valence-corrected chi connectivity index (χ4v) is 4.64. The molecule has 2 aromatic carbocycles. The van der Waals surface area contributed by atoms with Crippen LogP contribution in [0, 0.1) is 0 Å². The van der Waals surface area contributed by atoms with Crippen LogP contribution >= 0.6 is 23.2 Å². The summed E-state index contributed by atoms with van der Waals surface area (Å²) >= 11 is 12.0. The first-order valence-electron chi connectivity index (χ1n) is 12.2. The van der Waals surface area contributed by atoms with E-state index in [-0.39, 0.29) is 6.61 Å². The largest absolute Gasteiger partial charge is 0.493 e. The van der Waals surface area contributed by atoms with E-state index in [9.17, 15) is 5.11 Å². The van der Waals surface area contributed by atoms with E-state index in [4.69, 9.17) is 37.4 Å². The second-order valence-corrected chi connectivity index (χ2v) is 9.99. The van der Waals surface area contributed by atoms with E-state index in [1.165, 1.54) is 0 Å². The minimum Gasteiger partial charge on any atom is -0.493 e. The summed E-state index contributed by atoms with van der Waals surface area (Å²) in [5.41, 5.74) is 0.264. The molecule has 1 aliphatic rings. The average molecular weight is 534 g/mol. The van der Waals surface area contributed by atoms with E-state index in [0.29, 0.717) is 35.2 Å². The number of aliphatic hydroxyl groups is 1. The third-order valence-corrected chi connectivity index (χ3v) is 7.13. The number of halogens is 2. The molecule has 0 saturated carbocycles. The first-order chi connectivity index (χ1) is 17.4. The fourth-order valence-electron chi connectivity index (χ4n) is 4.35. The minimum absolute atomic E-state index is 0.221. The molecule has 1 aromatic heterocycles. The van der Waals surface area contributed by atoms with Gasteiger partial charge in [0.15, 0.2) is 11.5 Å². The molecular formula is C27H33Cl2N3O4. The van der Waals surface area contributed by atoms with Crippen molar-refractivity contribution in [1.29, 1.82) is 0 Å². The lowest BCUT2D eigenvalue weighted by molar-refractivity contribution is -0.0168. The number of likely N-dealkylation sites (tertiary alicyclic amines) is 1. The average Bonchev–Trinajstić information content (AvgIpc) is 3.33. The lowest BCUT2D eigenvalue weighted by Gasteiger charge is -2.27. The molecule has 9 heteroatoms. The smallest absolute Gasteiger partial charge is 0.161 e. The predicted octanol–water partition coefficient (Wildman–Crippen LogP) is 5.46. The first-order valence-corrected chi connectivity index (χ1v) is 13.0. The van der Waals surface area contributed by atoms with Crippen molar-refractivity contribution in [3.05, 3.63) is 70.5 Å². The molecule has 0 aliphatic carbocycles. The van der Waals surface area contributed by atoms with Crippen molar-refractivity contribution >= 4 is 23.2 Å². The van der Waals surface area contributed by atoms with Gasteiger partial charge in [-0.05, 0) is 61.7 Å². The molecule has 4 rings (SSSR count). The number of aryl methyl sites for hydroxylation is 1. The number of hydrogen-bond donors (Lipinski definition) is 1. The molecule has 3 aromatic rings. The molecule has 1 aliphatic heterocycles. The summed E-state index contributed by atoms with van der Waals surface area (Å²) in [6.45, 7) is 4.08. The lowest BCUT2D eigenvalue weighted by Crippen LogP contribution is -2.37. The fraction of sp³-hybridized carbons (Fsp3) is 0.444. The molecule has 194 valence electrons. The van der Waals surface area contributed by atoms with Gasteiger partial charge in [-0.1, -0.05) is 29.3 Å². The van der Waals surface area contributed by atoms with E-state index in [1.807, 2.05) is 29.1 Å². The second-order valence-electron chi connectivity index (χ2n) is 9.17. The Morgan fingerprint density at radius 2 is 1.92 bits per heavy atom. The van der Waals surface area contributed by atoms with Crippen molar-refractivity contribution < 1.29 is 19.3 Å². The highest BCUT2D eigenvalue weighted by Gasteiger charge is 2.31. The summed E-state index contributed by atoms with van der Waals surface area (Å²) in [6, 6.07) is 13.1. The molecule has 0 amide bonds. The van der Waals surface area contributed by atoms with Gasteiger partial charge < -0.3 is 19.3 Å². The van der Waals surface area contributed by atoms with Gasteiger partial charge in [-0.25, -0.2) is 0 Å². The maximum Gasteiger partial charge on any atom is 0.161 e. The van der Waals surface area contributed by atoms with E-state index in [1.54, 1.807) is 31.5 Å². The Morgan fingerprint density at radius 3 is 2.69 bits per heavy atom. The maximum atomic E-state index is 11.1. The summed E-state index contributed by atoms with van der Waals surface area (Å²) in [4.78, 5) is 2.36. The molecule has 1 unspecified atom stereocenters. The van der Waals surface area contributed by atoms with Gasteiger partial charge in [0.2, 0.25) is 0 Å². The van der Waals surface area contributed by atoms with Crippen molar-refractivity contribution in [1.82, 2.24) is 14.7 Å². The topological polar surface area (TPSA) is 69.0 Å². The van der Waals surface area contributed by atoms with Crippen molar-refractivity contribution in [3.8, 4) is 17.2 Å². The molecule has 0 spiro atoms. The van der Waals surface area contributed by atoms with Crippen LogP contribution in [0.1, 0.15) is 31.2 Å². The van der Waals surface area contributed by atoms with Crippen LogP contribution in [0.5, 0.6) is 17.2 Å². The highest BCUT2D eigenvalue weighted by molar-refractivity contribution is 6.42. The number of ether oxygens (including phenoxy) is 3. The zero-order chi connectivity index (χ0) is 25.4. The van der Waals surface area contributed by atoms with Crippen LogP contribution in [0.3, 0.4) is 0 Å². The van der Waals surface area contributed by atoms with Gasteiger partial charge in [-0.3, -0.25) is 9.58 Å². The molecule has 2 heterocycles. The number of methoxy groups -OCH3 is 1. The van der Waals surface area contributed by atoms with Crippen LogP contribution in [-0.4, -0.2) is 58.8 Å². The van der Waals surface area contributed by atoms with Gasteiger partial charge in [-0.2, -0.15) is 5.10 Å². The molecule has 1 saturated heterocycles. The Bertz CT molecular complexity index is 1110.